The molecular weight excluding hydrogens is 582 g/mol. The van der Waals surface area contributed by atoms with Crippen molar-refractivity contribution in [3.05, 3.63) is 116 Å². The normalized spacial score (nSPS) is 13.3. The molecule has 0 spiro atoms. The third-order valence-electron chi connectivity index (χ3n) is 6.50. The average Bonchev–Trinajstić information content (AvgIpc) is 2.96. The summed E-state index contributed by atoms with van der Waals surface area (Å²) in [6.07, 6.45) is 1.86. The van der Waals surface area contributed by atoms with Crippen molar-refractivity contribution in [3.63, 3.8) is 0 Å². The lowest BCUT2D eigenvalue weighted by molar-refractivity contribution is -0.115. The Bertz CT molecular complexity index is 1530. The fourth-order valence-electron chi connectivity index (χ4n) is 4.42. The Kier molecular flexibility index (Phi) is 8.09. The van der Waals surface area contributed by atoms with E-state index < -0.39 is 0 Å². The predicted molar refractivity (Wildman–Crippen MR) is 156 cm³/mol. The van der Waals surface area contributed by atoms with Crippen molar-refractivity contribution in [2.75, 3.05) is 36.4 Å². The number of aromatic nitrogens is 2. The van der Waals surface area contributed by atoms with Crippen LogP contribution in [0.1, 0.15) is 15.9 Å². The molecule has 0 unspecified atom stereocenters. The zero-order valence-electron chi connectivity index (χ0n) is 20.9. The average molecular weight is 607 g/mol. The quantitative estimate of drug-likeness (QED) is 0.341. The molecule has 0 saturated carbocycles. The standard InChI is InChI=1S/C29H25BrClN5O3/c30-22-10-6-20(7-11-22)18-26(37)33-23-12-8-21(9-13-23)28(38)35-16-14-34(15-17-35)25-19-32-36(29(39)27(25)31)24-4-2-1-3-5-24/h1-13,19H,14-18H2,(H,33,37). The Balaban J connectivity index is 1.17. The minimum Gasteiger partial charge on any atom is -0.365 e. The number of halogens is 2. The maximum atomic E-state index is 13.1. The monoisotopic (exact) mass is 605 g/mol. The zero-order valence-corrected chi connectivity index (χ0v) is 23.2. The second-order valence-electron chi connectivity index (χ2n) is 9.10. The largest absolute Gasteiger partial charge is 0.365 e. The lowest BCUT2D eigenvalue weighted by Crippen LogP contribution is -2.49. The van der Waals surface area contributed by atoms with Gasteiger partial charge in [-0.2, -0.15) is 9.78 Å². The van der Waals surface area contributed by atoms with Crippen LogP contribution < -0.4 is 15.8 Å². The van der Waals surface area contributed by atoms with Gasteiger partial charge in [0.1, 0.15) is 5.02 Å². The van der Waals surface area contributed by atoms with Crippen LogP contribution in [0.3, 0.4) is 0 Å². The van der Waals surface area contributed by atoms with E-state index in [-0.39, 0.29) is 28.8 Å². The van der Waals surface area contributed by atoms with Crippen LogP contribution in [0.5, 0.6) is 0 Å². The van der Waals surface area contributed by atoms with E-state index in [1.807, 2.05) is 47.4 Å². The van der Waals surface area contributed by atoms with Gasteiger partial charge in [-0.1, -0.05) is 57.9 Å². The number of anilines is 2. The molecule has 2 amide bonds. The maximum absolute atomic E-state index is 13.1. The van der Waals surface area contributed by atoms with Gasteiger partial charge < -0.3 is 15.1 Å². The van der Waals surface area contributed by atoms with Gasteiger partial charge in [0.15, 0.2) is 0 Å². The van der Waals surface area contributed by atoms with E-state index in [2.05, 4.69) is 26.3 Å². The van der Waals surface area contributed by atoms with Gasteiger partial charge in [-0.15, -0.1) is 0 Å². The summed E-state index contributed by atoms with van der Waals surface area (Å²) in [5.41, 5.74) is 2.90. The molecule has 1 aliphatic heterocycles. The molecule has 0 bridgehead atoms. The van der Waals surface area contributed by atoms with Gasteiger partial charge in [0.05, 0.1) is 24.0 Å². The molecule has 1 aliphatic rings. The summed E-state index contributed by atoms with van der Waals surface area (Å²) in [6, 6.07) is 23.6. The van der Waals surface area contributed by atoms with Gasteiger partial charge in [0.25, 0.3) is 11.5 Å². The number of hydrogen-bond donors (Lipinski definition) is 1. The summed E-state index contributed by atoms with van der Waals surface area (Å²) < 4.78 is 2.24. The first-order valence-corrected chi connectivity index (χ1v) is 13.6. The SMILES string of the molecule is O=C(Cc1ccc(Br)cc1)Nc1ccc(C(=O)N2CCN(c3cnn(-c4ccccc4)c(=O)c3Cl)CC2)cc1. The topological polar surface area (TPSA) is 87.5 Å². The molecule has 5 rings (SSSR count). The molecule has 198 valence electrons. The molecule has 0 atom stereocenters. The summed E-state index contributed by atoms with van der Waals surface area (Å²) in [5, 5.41) is 7.28. The van der Waals surface area contributed by atoms with Crippen LogP contribution in [0.15, 0.2) is 94.3 Å². The Morgan fingerprint density at radius 1 is 0.897 bits per heavy atom. The molecule has 39 heavy (non-hydrogen) atoms. The van der Waals surface area contributed by atoms with Crippen LogP contribution in [0, 0.1) is 0 Å². The fourth-order valence-corrected chi connectivity index (χ4v) is 4.93. The van der Waals surface area contributed by atoms with Crippen molar-refractivity contribution < 1.29 is 9.59 Å². The summed E-state index contributed by atoms with van der Waals surface area (Å²) in [4.78, 5) is 42.0. The summed E-state index contributed by atoms with van der Waals surface area (Å²) in [5.74, 6) is -0.219. The number of benzene rings is 3. The van der Waals surface area contributed by atoms with E-state index in [0.717, 1.165) is 10.0 Å². The van der Waals surface area contributed by atoms with Crippen LogP contribution in [0.25, 0.3) is 5.69 Å². The van der Waals surface area contributed by atoms with Gasteiger partial charge in [-0.3, -0.25) is 14.4 Å². The molecular formula is C29H25BrClN5O3. The van der Waals surface area contributed by atoms with Crippen molar-refractivity contribution >= 4 is 50.7 Å². The Morgan fingerprint density at radius 2 is 1.56 bits per heavy atom. The van der Waals surface area contributed by atoms with E-state index in [0.29, 0.717) is 48.8 Å². The van der Waals surface area contributed by atoms with Crippen molar-refractivity contribution in [3.8, 4) is 5.69 Å². The fraction of sp³-hybridized carbons (Fsp3) is 0.172. The summed E-state index contributed by atoms with van der Waals surface area (Å²) >= 11 is 9.84. The molecule has 1 saturated heterocycles. The van der Waals surface area contributed by atoms with Crippen LogP contribution in [-0.2, 0) is 11.2 Å². The lowest BCUT2D eigenvalue weighted by atomic mass is 10.1. The second-order valence-corrected chi connectivity index (χ2v) is 10.4. The number of carbonyl (C=O) groups excluding carboxylic acids is 2. The minimum atomic E-state index is -0.386. The number of piperazine rings is 1. The van der Waals surface area contributed by atoms with E-state index in [1.54, 1.807) is 47.5 Å². The van der Waals surface area contributed by atoms with Gasteiger partial charge in [0.2, 0.25) is 5.91 Å². The highest BCUT2D eigenvalue weighted by atomic mass is 79.9. The van der Waals surface area contributed by atoms with Gasteiger partial charge >= 0.3 is 0 Å². The number of amides is 2. The van der Waals surface area contributed by atoms with Crippen LogP contribution >= 0.6 is 27.5 Å². The van der Waals surface area contributed by atoms with E-state index in [1.165, 1.54) is 4.68 Å². The van der Waals surface area contributed by atoms with Crippen molar-refractivity contribution in [1.82, 2.24) is 14.7 Å². The smallest absolute Gasteiger partial charge is 0.292 e. The van der Waals surface area contributed by atoms with E-state index >= 15 is 0 Å². The Hall–Kier alpha value is -3.95. The van der Waals surface area contributed by atoms with Crippen LogP contribution in [0.2, 0.25) is 5.02 Å². The van der Waals surface area contributed by atoms with Crippen molar-refractivity contribution in [1.29, 1.82) is 0 Å². The third kappa shape index (κ3) is 6.21. The number of carbonyl (C=O) groups is 2. The molecule has 1 N–H and O–H groups in total. The molecule has 1 aromatic heterocycles. The molecule has 4 aromatic rings. The molecule has 0 radical (unpaired) electrons. The van der Waals surface area contributed by atoms with Crippen molar-refractivity contribution in [2.24, 2.45) is 0 Å². The number of para-hydroxylation sites is 1. The Labute approximate surface area is 238 Å². The summed E-state index contributed by atoms with van der Waals surface area (Å²) in [7, 11) is 0. The minimum absolute atomic E-state index is 0.0916. The molecule has 8 nitrogen and oxygen atoms in total. The first kappa shape index (κ1) is 26.6. The number of nitrogens with one attached hydrogen (secondary N) is 1. The highest BCUT2D eigenvalue weighted by Crippen LogP contribution is 2.24. The highest BCUT2D eigenvalue weighted by Gasteiger charge is 2.25. The maximum Gasteiger partial charge on any atom is 0.292 e. The van der Waals surface area contributed by atoms with Gasteiger partial charge in [-0.25, -0.2) is 0 Å². The van der Waals surface area contributed by atoms with Crippen LogP contribution in [-0.4, -0.2) is 52.7 Å². The third-order valence-corrected chi connectivity index (χ3v) is 7.39. The molecule has 3 aromatic carbocycles. The first-order valence-electron chi connectivity index (χ1n) is 12.4. The van der Waals surface area contributed by atoms with Gasteiger partial charge in [0, 0.05) is 41.9 Å². The molecule has 10 heteroatoms. The van der Waals surface area contributed by atoms with E-state index in [4.69, 9.17) is 11.6 Å². The molecule has 0 aliphatic carbocycles. The zero-order chi connectivity index (χ0) is 27.4. The summed E-state index contributed by atoms with van der Waals surface area (Å²) in [6.45, 7) is 1.99. The first-order chi connectivity index (χ1) is 18.9. The van der Waals surface area contributed by atoms with E-state index in [9.17, 15) is 14.4 Å². The van der Waals surface area contributed by atoms with Crippen molar-refractivity contribution in [2.45, 2.75) is 6.42 Å². The second kappa shape index (κ2) is 11.8. The number of rotatable bonds is 6. The molecule has 1 fully saturated rings. The van der Waals surface area contributed by atoms with Gasteiger partial charge in [-0.05, 0) is 54.1 Å². The molecule has 2 heterocycles. The lowest BCUT2D eigenvalue weighted by Gasteiger charge is -2.36. The Morgan fingerprint density at radius 3 is 2.23 bits per heavy atom. The predicted octanol–water partition coefficient (Wildman–Crippen LogP) is 4.79. The van der Waals surface area contributed by atoms with Crippen LogP contribution in [0.4, 0.5) is 11.4 Å². The highest BCUT2D eigenvalue weighted by molar-refractivity contribution is 9.10. The number of hydrogen-bond acceptors (Lipinski definition) is 5. The number of nitrogens with zero attached hydrogens (tertiary/aromatic N) is 4.